The van der Waals surface area contributed by atoms with Crippen LogP contribution in [0.4, 0.5) is 0 Å². The maximum absolute atomic E-state index is 12.6. The molecule has 0 aliphatic carbocycles. The highest BCUT2D eigenvalue weighted by atomic mass is 16.4. The minimum atomic E-state index is -1.06. The molecule has 1 aromatic rings. The van der Waals surface area contributed by atoms with E-state index in [1.807, 2.05) is 35.2 Å². The van der Waals surface area contributed by atoms with Crippen molar-refractivity contribution in [2.24, 2.45) is 5.73 Å². The lowest BCUT2D eigenvalue weighted by Gasteiger charge is -2.38. The maximum atomic E-state index is 12.6. The molecule has 2 rings (SSSR count). The zero-order valence-corrected chi connectivity index (χ0v) is 12.2. The number of hydrogen-bond acceptors (Lipinski definition) is 4. The van der Waals surface area contributed by atoms with E-state index in [9.17, 15) is 9.59 Å². The van der Waals surface area contributed by atoms with Gasteiger partial charge in [0.1, 0.15) is 5.54 Å². The molecular weight excluding hydrogens is 270 g/mol. The number of carbonyl (C=O) groups excluding carboxylic acids is 1. The van der Waals surface area contributed by atoms with E-state index in [-0.39, 0.29) is 12.5 Å². The third-order valence-corrected chi connectivity index (χ3v) is 3.84. The Morgan fingerprint density at radius 3 is 2.29 bits per heavy atom. The van der Waals surface area contributed by atoms with E-state index in [4.69, 9.17) is 10.8 Å². The van der Waals surface area contributed by atoms with Gasteiger partial charge >= 0.3 is 5.97 Å². The Bertz CT molecular complexity index is 508. The number of piperazine rings is 1. The fraction of sp³-hybridized carbons (Fsp3) is 0.467. The van der Waals surface area contributed by atoms with Crippen LogP contribution < -0.4 is 5.73 Å². The summed E-state index contributed by atoms with van der Waals surface area (Å²) in [6.45, 7) is 3.86. The molecule has 21 heavy (non-hydrogen) atoms. The van der Waals surface area contributed by atoms with Crippen LogP contribution in [-0.4, -0.2) is 59.5 Å². The lowest BCUT2D eigenvalue weighted by Crippen LogP contribution is -2.57. The fourth-order valence-electron chi connectivity index (χ4n) is 2.54. The third kappa shape index (κ3) is 3.59. The summed E-state index contributed by atoms with van der Waals surface area (Å²) in [5.41, 5.74) is 5.95. The molecule has 114 valence electrons. The van der Waals surface area contributed by atoms with Crippen molar-refractivity contribution < 1.29 is 14.7 Å². The molecule has 1 heterocycles. The standard InChI is InChI=1S/C15H21N3O3/c1-15(16,12-5-3-2-4-6-12)14(21)18-9-7-17(8-10-18)11-13(19)20/h2-6H,7-11,16H2,1H3,(H,19,20). The Balaban J connectivity index is 2.00. The normalized spacial score (nSPS) is 19.0. The van der Waals surface area contributed by atoms with Crippen LogP contribution in [0.3, 0.4) is 0 Å². The van der Waals surface area contributed by atoms with Gasteiger partial charge in [0.2, 0.25) is 5.91 Å². The lowest BCUT2D eigenvalue weighted by atomic mass is 9.91. The number of amides is 1. The summed E-state index contributed by atoms with van der Waals surface area (Å²) in [4.78, 5) is 26.8. The average molecular weight is 291 g/mol. The molecule has 0 saturated carbocycles. The molecule has 0 aromatic heterocycles. The van der Waals surface area contributed by atoms with Gasteiger partial charge in [0.05, 0.1) is 6.54 Å². The highest BCUT2D eigenvalue weighted by Crippen LogP contribution is 2.21. The van der Waals surface area contributed by atoms with Gasteiger partial charge in [-0.3, -0.25) is 14.5 Å². The van der Waals surface area contributed by atoms with Gasteiger partial charge < -0.3 is 15.7 Å². The summed E-state index contributed by atoms with van der Waals surface area (Å²) in [6, 6.07) is 9.29. The second-order valence-electron chi connectivity index (χ2n) is 5.53. The minimum absolute atomic E-state index is 0.0145. The second-order valence-corrected chi connectivity index (χ2v) is 5.53. The Labute approximate surface area is 124 Å². The zero-order chi connectivity index (χ0) is 15.5. The molecule has 1 atom stereocenters. The van der Waals surface area contributed by atoms with Gasteiger partial charge in [0, 0.05) is 26.2 Å². The topological polar surface area (TPSA) is 86.9 Å². The van der Waals surface area contributed by atoms with Gasteiger partial charge in [-0.1, -0.05) is 30.3 Å². The Morgan fingerprint density at radius 1 is 1.19 bits per heavy atom. The number of benzene rings is 1. The third-order valence-electron chi connectivity index (χ3n) is 3.84. The van der Waals surface area contributed by atoms with Crippen molar-refractivity contribution in [2.75, 3.05) is 32.7 Å². The molecule has 1 aromatic carbocycles. The van der Waals surface area contributed by atoms with Crippen LogP contribution in [0.25, 0.3) is 0 Å². The largest absolute Gasteiger partial charge is 0.480 e. The minimum Gasteiger partial charge on any atom is -0.480 e. The predicted octanol–water partition coefficient (Wildman–Crippen LogP) is 0.0893. The van der Waals surface area contributed by atoms with Crippen LogP contribution in [0.1, 0.15) is 12.5 Å². The first-order valence-corrected chi connectivity index (χ1v) is 6.99. The molecular formula is C15H21N3O3. The van der Waals surface area contributed by atoms with Crippen LogP contribution in [0.2, 0.25) is 0 Å². The van der Waals surface area contributed by atoms with Crippen LogP contribution in [-0.2, 0) is 15.1 Å². The van der Waals surface area contributed by atoms with Gasteiger partial charge in [0.15, 0.2) is 0 Å². The van der Waals surface area contributed by atoms with E-state index >= 15 is 0 Å². The Hall–Kier alpha value is -1.92. The second kappa shape index (κ2) is 6.24. The van der Waals surface area contributed by atoms with Crippen molar-refractivity contribution >= 4 is 11.9 Å². The van der Waals surface area contributed by atoms with Crippen molar-refractivity contribution in [1.82, 2.24) is 9.80 Å². The Kier molecular flexibility index (Phi) is 4.59. The highest BCUT2D eigenvalue weighted by Gasteiger charge is 2.35. The number of carboxylic acids is 1. The monoisotopic (exact) mass is 291 g/mol. The van der Waals surface area contributed by atoms with Crippen LogP contribution in [0.15, 0.2) is 30.3 Å². The lowest BCUT2D eigenvalue weighted by molar-refractivity contribution is -0.141. The SMILES string of the molecule is CC(N)(C(=O)N1CCN(CC(=O)O)CC1)c1ccccc1. The molecule has 0 radical (unpaired) electrons. The quantitative estimate of drug-likeness (QED) is 0.821. The molecule has 1 fully saturated rings. The van der Waals surface area contributed by atoms with Crippen molar-refractivity contribution in [2.45, 2.75) is 12.5 Å². The molecule has 0 bridgehead atoms. The van der Waals surface area contributed by atoms with Crippen molar-refractivity contribution in [3.63, 3.8) is 0 Å². The van der Waals surface area contributed by atoms with E-state index < -0.39 is 11.5 Å². The van der Waals surface area contributed by atoms with Crippen LogP contribution >= 0.6 is 0 Å². The predicted molar refractivity (Wildman–Crippen MR) is 78.6 cm³/mol. The number of nitrogens with zero attached hydrogens (tertiary/aromatic N) is 2. The number of hydrogen-bond donors (Lipinski definition) is 2. The fourth-order valence-corrected chi connectivity index (χ4v) is 2.54. The first kappa shape index (κ1) is 15.5. The Morgan fingerprint density at radius 2 is 1.76 bits per heavy atom. The van der Waals surface area contributed by atoms with Crippen LogP contribution in [0.5, 0.6) is 0 Å². The van der Waals surface area contributed by atoms with Gasteiger partial charge in [-0.05, 0) is 12.5 Å². The van der Waals surface area contributed by atoms with E-state index in [2.05, 4.69) is 0 Å². The van der Waals surface area contributed by atoms with Gasteiger partial charge in [-0.25, -0.2) is 0 Å². The van der Waals surface area contributed by atoms with E-state index in [1.54, 1.807) is 11.8 Å². The summed E-state index contributed by atoms with van der Waals surface area (Å²) in [7, 11) is 0. The molecule has 0 spiro atoms. The van der Waals surface area contributed by atoms with E-state index in [0.29, 0.717) is 26.2 Å². The summed E-state index contributed by atoms with van der Waals surface area (Å²) >= 11 is 0. The average Bonchev–Trinajstić information content (AvgIpc) is 2.47. The van der Waals surface area contributed by atoms with Crippen molar-refractivity contribution in [1.29, 1.82) is 0 Å². The summed E-state index contributed by atoms with van der Waals surface area (Å²) in [6.07, 6.45) is 0. The summed E-state index contributed by atoms with van der Waals surface area (Å²) < 4.78 is 0. The first-order valence-electron chi connectivity index (χ1n) is 6.99. The molecule has 3 N–H and O–H groups in total. The molecule has 1 saturated heterocycles. The zero-order valence-electron chi connectivity index (χ0n) is 12.2. The smallest absolute Gasteiger partial charge is 0.317 e. The first-order chi connectivity index (χ1) is 9.91. The molecule has 1 aliphatic rings. The van der Waals surface area contributed by atoms with E-state index in [0.717, 1.165) is 5.56 Å². The van der Waals surface area contributed by atoms with Gasteiger partial charge in [-0.15, -0.1) is 0 Å². The van der Waals surface area contributed by atoms with Crippen molar-refractivity contribution in [3.8, 4) is 0 Å². The highest BCUT2D eigenvalue weighted by molar-refractivity contribution is 5.87. The molecule has 1 amide bonds. The summed E-state index contributed by atoms with van der Waals surface area (Å²) in [5.74, 6) is -0.966. The summed E-state index contributed by atoms with van der Waals surface area (Å²) in [5, 5.41) is 8.78. The molecule has 1 aliphatic heterocycles. The van der Waals surface area contributed by atoms with Gasteiger partial charge in [-0.2, -0.15) is 0 Å². The number of carbonyl (C=O) groups is 2. The van der Waals surface area contributed by atoms with Gasteiger partial charge in [0.25, 0.3) is 0 Å². The van der Waals surface area contributed by atoms with Crippen molar-refractivity contribution in [3.05, 3.63) is 35.9 Å². The van der Waals surface area contributed by atoms with Crippen LogP contribution in [0, 0.1) is 0 Å². The number of carboxylic acid groups (broad SMARTS) is 1. The number of aliphatic carboxylic acids is 1. The molecule has 1 unspecified atom stereocenters. The molecule has 6 heteroatoms. The van der Waals surface area contributed by atoms with E-state index in [1.165, 1.54) is 0 Å². The maximum Gasteiger partial charge on any atom is 0.317 e. The molecule has 6 nitrogen and oxygen atoms in total. The number of rotatable bonds is 4. The number of nitrogens with two attached hydrogens (primary N) is 1.